The first kappa shape index (κ1) is 19.1. The normalized spacial score (nSPS) is 16.7. The number of aryl methyl sites for hydroxylation is 1. The number of fused-ring (bicyclic) bond motifs is 1. The fourth-order valence-electron chi connectivity index (χ4n) is 3.34. The first-order chi connectivity index (χ1) is 14.1. The maximum absolute atomic E-state index is 12.8. The van der Waals surface area contributed by atoms with Gasteiger partial charge >= 0.3 is 0 Å². The highest BCUT2D eigenvalue weighted by atomic mass is 16.5. The van der Waals surface area contributed by atoms with Crippen LogP contribution in [0.5, 0.6) is 5.75 Å². The molecule has 1 atom stereocenters. The molecule has 1 aromatic carbocycles. The third kappa shape index (κ3) is 4.43. The van der Waals surface area contributed by atoms with Crippen LogP contribution in [0.3, 0.4) is 0 Å². The zero-order valence-corrected chi connectivity index (χ0v) is 16.1. The molecule has 1 unspecified atom stereocenters. The molecule has 1 aliphatic heterocycles. The second kappa shape index (κ2) is 8.40. The Morgan fingerprint density at radius 2 is 2.10 bits per heavy atom. The van der Waals surface area contributed by atoms with Crippen LogP contribution in [-0.2, 0) is 16.0 Å². The number of amides is 1. The zero-order chi connectivity index (χ0) is 20.2. The van der Waals surface area contributed by atoms with Gasteiger partial charge in [-0.2, -0.15) is 5.10 Å². The number of hydrogen-bond donors (Lipinski definition) is 1. The van der Waals surface area contributed by atoms with Crippen LogP contribution < -0.4 is 10.3 Å². The number of morpholine rings is 1. The topological polar surface area (TPSA) is 97.4 Å². The highest BCUT2D eigenvalue weighted by Gasteiger charge is 2.25. The van der Waals surface area contributed by atoms with E-state index in [9.17, 15) is 9.59 Å². The number of H-pyrrole nitrogens is 1. The van der Waals surface area contributed by atoms with Crippen molar-refractivity contribution in [1.82, 2.24) is 20.1 Å². The lowest BCUT2D eigenvalue weighted by Gasteiger charge is -2.32. The van der Waals surface area contributed by atoms with Crippen molar-refractivity contribution in [2.45, 2.75) is 19.4 Å². The lowest BCUT2D eigenvalue weighted by molar-refractivity contribution is -0.139. The lowest BCUT2D eigenvalue weighted by atomic mass is 10.1. The molecule has 3 heterocycles. The van der Waals surface area contributed by atoms with Crippen molar-refractivity contribution in [2.75, 3.05) is 26.3 Å². The second-order valence-electron chi connectivity index (χ2n) is 7.00. The van der Waals surface area contributed by atoms with E-state index in [1.807, 2.05) is 31.2 Å². The highest BCUT2D eigenvalue weighted by Crippen LogP contribution is 2.16. The number of benzene rings is 1. The van der Waals surface area contributed by atoms with E-state index in [-0.39, 0.29) is 24.0 Å². The predicted octanol–water partition coefficient (Wildman–Crippen LogP) is 1.48. The van der Waals surface area contributed by atoms with Gasteiger partial charge in [0, 0.05) is 17.6 Å². The van der Waals surface area contributed by atoms with E-state index < -0.39 is 0 Å². The molecule has 0 aliphatic carbocycles. The van der Waals surface area contributed by atoms with Crippen LogP contribution in [0.2, 0.25) is 0 Å². The highest BCUT2D eigenvalue weighted by molar-refractivity contribution is 5.88. The van der Waals surface area contributed by atoms with Gasteiger partial charge in [0.2, 0.25) is 5.91 Å². The van der Waals surface area contributed by atoms with E-state index in [4.69, 9.17) is 9.47 Å². The van der Waals surface area contributed by atoms with Crippen LogP contribution in [-0.4, -0.2) is 58.4 Å². The fourth-order valence-corrected chi connectivity index (χ4v) is 3.34. The summed E-state index contributed by atoms with van der Waals surface area (Å²) in [5, 5.41) is 7.80. The number of nitrogens with one attached hydrogen (secondary N) is 1. The van der Waals surface area contributed by atoms with Gasteiger partial charge in [-0.15, -0.1) is 0 Å². The molecular weight excluding hydrogens is 372 g/mol. The number of aromatic nitrogens is 3. The molecule has 1 saturated heterocycles. The SMILES string of the molecule is Cc1ccc(OCC2CN(C(=O)Cc3n[nH]c(=O)c4ccccc34)CCO2)cn1. The molecule has 0 radical (unpaired) electrons. The zero-order valence-electron chi connectivity index (χ0n) is 16.1. The number of pyridine rings is 1. The number of ether oxygens (including phenoxy) is 2. The van der Waals surface area contributed by atoms with Gasteiger partial charge in [0.15, 0.2) is 0 Å². The lowest BCUT2D eigenvalue weighted by Crippen LogP contribution is -2.48. The number of carbonyl (C=O) groups is 1. The van der Waals surface area contributed by atoms with E-state index in [2.05, 4.69) is 15.2 Å². The van der Waals surface area contributed by atoms with Gasteiger partial charge < -0.3 is 14.4 Å². The summed E-state index contributed by atoms with van der Waals surface area (Å²) in [4.78, 5) is 30.7. The monoisotopic (exact) mass is 394 g/mol. The van der Waals surface area contributed by atoms with Gasteiger partial charge in [-0.05, 0) is 25.1 Å². The van der Waals surface area contributed by atoms with Gasteiger partial charge in [0.05, 0.1) is 36.8 Å². The first-order valence-electron chi connectivity index (χ1n) is 9.51. The molecule has 0 saturated carbocycles. The van der Waals surface area contributed by atoms with Gasteiger partial charge in [-0.25, -0.2) is 5.10 Å². The van der Waals surface area contributed by atoms with Crippen LogP contribution in [0.25, 0.3) is 10.8 Å². The summed E-state index contributed by atoms with van der Waals surface area (Å²) in [6.07, 6.45) is 1.58. The van der Waals surface area contributed by atoms with E-state index in [1.54, 1.807) is 23.2 Å². The van der Waals surface area contributed by atoms with E-state index in [1.165, 1.54) is 0 Å². The average Bonchev–Trinajstić information content (AvgIpc) is 2.76. The van der Waals surface area contributed by atoms with E-state index in [0.717, 1.165) is 5.69 Å². The van der Waals surface area contributed by atoms with Gasteiger partial charge in [0.25, 0.3) is 5.56 Å². The Hall–Kier alpha value is -3.26. The summed E-state index contributed by atoms with van der Waals surface area (Å²) in [5.41, 5.74) is 1.23. The minimum absolute atomic E-state index is 0.0556. The standard InChI is InChI=1S/C21H22N4O4/c1-14-6-7-15(11-22-14)29-13-16-12-25(8-9-28-16)20(26)10-19-17-4-2-3-5-18(17)21(27)24-23-19/h2-7,11,16H,8-10,12-13H2,1H3,(H,24,27). The van der Waals surface area contributed by atoms with Crippen LogP contribution in [0.4, 0.5) is 0 Å². The van der Waals surface area contributed by atoms with E-state index in [0.29, 0.717) is 48.5 Å². The summed E-state index contributed by atoms with van der Waals surface area (Å²) < 4.78 is 11.5. The van der Waals surface area contributed by atoms with Gasteiger partial charge in [-0.3, -0.25) is 14.6 Å². The van der Waals surface area contributed by atoms with E-state index >= 15 is 0 Å². The van der Waals surface area contributed by atoms with Crippen molar-refractivity contribution in [1.29, 1.82) is 0 Å². The molecule has 1 N–H and O–H groups in total. The smallest absolute Gasteiger partial charge is 0.272 e. The summed E-state index contributed by atoms with van der Waals surface area (Å²) >= 11 is 0. The van der Waals surface area contributed by atoms with Gasteiger partial charge in [-0.1, -0.05) is 18.2 Å². The van der Waals surface area contributed by atoms with Crippen LogP contribution >= 0.6 is 0 Å². The van der Waals surface area contributed by atoms with Crippen molar-refractivity contribution < 1.29 is 14.3 Å². The Labute approximate surface area is 167 Å². The molecule has 0 bridgehead atoms. The number of hydrogen-bond acceptors (Lipinski definition) is 6. The molecule has 1 amide bonds. The molecule has 8 heteroatoms. The summed E-state index contributed by atoms with van der Waals surface area (Å²) in [6.45, 7) is 3.67. The summed E-state index contributed by atoms with van der Waals surface area (Å²) in [5.74, 6) is 0.617. The Balaban J connectivity index is 1.39. The fraction of sp³-hybridized carbons (Fsp3) is 0.333. The van der Waals surface area contributed by atoms with Crippen molar-refractivity contribution in [3.8, 4) is 5.75 Å². The van der Waals surface area contributed by atoms with Crippen molar-refractivity contribution in [3.05, 3.63) is 64.3 Å². The molecule has 3 aromatic rings. The molecule has 4 rings (SSSR count). The van der Waals surface area contributed by atoms with Crippen LogP contribution in [0, 0.1) is 6.92 Å². The maximum Gasteiger partial charge on any atom is 0.272 e. The third-order valence-electron chi connectivity index (χ3n) is 4.91. The third-order valence-corrected chi connectivity index (χ3v) is 4.91. The second-order valence-corrected chi connectivity index (χ2v) is 7.00. The molecule has 8 nitrogen and oxygen atoms in total. The minimum Gasteiger partial charge on any atom is -0.489 e. The molecule has 1 fully saturated rings. The van der Waals surface area contributed by atoms with Crippen molar-refractivity contribution in [3.63, 3.8) is 0 Å². The van der Waals surface area contributed by atoms with Crippen LogP contribution in [0.1, 0.15) is 11.4 Å². The molecular formula is C21H22N4O4. The minimum atomic E-state index is -0.258. The summed E-state index contributed by atoms with van der Waals surface area (Å²) in [7, 11) is 0. The maximum atomic E-state index is 12.8. The predicted molar refractivity (Wildman–Crippen MR) is 107 cm³/mol. The molecule has 0 spiro atoms. The number of rotatable bonds is 5. The Morgan fingerprint density at radius 1 is 1.28 bits per heavy atom. The quantitative estimate of drug-likeness (QED) is 0.704. The van der Waals surface area contributed by atoms with Gasteiger partial charge in [0.1, 0.15) is 18.5 Å². The Morgan fingerprint density at radius 3 is 2.90 bits per heavy atom. The molecule has 29 heavy (non-hydrogen) atoms. The number of nitrogens with zero attached hydrogens (tertiary/aromatic N) is 3. The molecule has 2 aromatic heterocycles. The molecule has 150 valence electrons. The first-order valence-corrected chi connectivity index (χ1v) is 9.51. The Kier molecular flexibility index (Phi) is 5.53. The van der Waals surface area contributed by atoms with Crippen molar-refractivity contribution in [2.24, 2.45) is 0 Å². The summed E-state index contributed by atoms with van der Waals surface area (Å²) in [6, 6.07) is 10.9. The van der Waals surface area contributed by atoms with Crippen LogP contribution in [0.15, 0.2) is 47.4 Å². The largest absolute Gasteiger partial charge is 0.489 e. The molecule has 1 aliphatic rings. The Bertz CT molecular complexity index is 1060. The van der Waals surface area contributed by atoms with Crippen molar-refractivity contribution >= 4 is 16.7 Å². The average molecular weight is 394 g/mol. The number of carbonyl (C=O) groups excluding carboxylic acids is 1. The number of aromatic amines is 1.